The zero-order valence-electron chi connectivity index (χ0n) is 17.6. The maximum Gasteiger partial charge on any atom is 0.406 e. The summed E-state index contributed by atoms with van der Waals surface area (Å²) >= 11 is 1.45. The van der Waals surface area contributed by atoms with Crippen LogP contribution in [0.4, 0.5) is 9.18 Å². The zero-order chi connectivity index (χ0) is 22.4. The molecule has 0 saturated heterocycles. The van der Waals surface area contributed by atoms with Crippen LogP contribution in [0.15, 0.2) is 24.4 Å². The van der Waals surface area contributed by atoms with Crippen LogP contribution in [0.25, 0.3) is 31.8 Å². The molecule has 0 saturated carbocycles. The fourth-order valence-electron chi connectivity index (χ4n) is 3.79. The van der Waals surface area contributed by atoms with Crippen LogP contribution in [0.5, 0.6) is 11.6 Å². The summed E-state index contributed by atoms with van der Waals surface area (Å²) in [4.78, 5) is 25.1. The molecule has 0 radical (unpaired) electrons. The van der Waals surface area contributed by atoms with E-state index in [4.69, 9.17) is 19.2 Å². The van der Waals surface area contributed by atoms with Gasteiger partial charge in [0.05, 0.1) is 34.6 Å². The molecule has 0 aliphatic carbocycles. The van der Waals surface area contributed by atoms with Gasteiger partial charge < -0.3 is 19.5 Å². The van der Waals surface area contributed by atoms with Crippen LogP contribution in [-0.4, -0.2) is 47.9 Å². The van der Waals surface area contributed by atoms with E-state index in [1.54, 1.807) is 13.3 Å². The first kappa shape index (κ1) is 20.4. The lowest BCUT2D eigenvalue weighted by Gasteiger charge is -2.10. The van der Waals surface area contributed by atoms with Gasteiger partial charge in [0.15, 0.2) is 11.6 Å². The number of benzene rings is 2. The second-order valence-electron chi connectivity index (χ2n) is 7.42. The second kappa shape index (κ2) is 7.86. The number of carbonyl (C=O) groups excluding carboxylic acids is 1. The van der Waals surface area contributed by atoms with Crippen molar-refractivity contribution in [3.05, 3.63) is 41.3 Å². The molecule has 1 aliphatic heterocycles. The van der Waals surface area contributed by atoms with E-state index in [9.17, 15) is 9.18 Å². The van der Waals surface area contributed by atoms with Crippen LogP contribution < -0.4 is 14.8 Å². The Kier molecular flexibility index (Phi) is 5.01. The molecule has 1 N–H and O–H groups in total. The summed E-state index contributed by atoms with van der Waals surface area (Å²) in [5.41, 5.74) is 4.50. The molecule has 1 atom stereocenters. The van der Waals surface area contributed by atoms with Crippen molar-refractivity contribution >= 4 is 38.7 Å². The lowest BCUT2D eigenvalue weighted by atomic mass is 10.1. The number of aryl methyl sites for hydroxylation is 1. The molecule has 0 spiro atoms. The molecule has 5 rings (SSSR count). The minimum atomic E-state index is -0.556. The molecule has 1 aliphatic rings. The third-order valence-corrected chi connectivity index (χ3v) is 6.38. The highest BCUT2D eigenvalue weighted by Crippen LogP contribution is 2.43. The van der Waals surface area contributed by atoms with Crippen molar-refractivity contribution in [1.29, 1.82) is 0 Å². The summed E-state index contributed by atoms with van der Waals surface area (Å²) in [6.45, 7) is 2.00. The third-order valence-electron chi connectivity index (χ3n) is 5.21. The van der Waals surface area contributed by atoms with E-state index in [0.29, 0.717) is 33.9 Å². The maximum atomic E-state index is 14.8. The second-order valence-corrected chi connectivity index (χ2v) is 8.42. The molecule has 0 unspecified atom stereocenters. The number of nitrogens with zero attached hydrogens (tertiary/aromatic N) is 3. The summed E-state index contributed by atoms with van der Waals surface area (Å²) < 4.78 is 31.6. The Morgan fingerprint density at radius 3 is 2.94 bits per heavy atom. The highest BCUT2D eigenvalue weighted by atomic mass is 32.1. The van der Waals surface area contributed by atoms with Gasteiger partial charge in [-0.05, 0) is 24.6 Å². The molecule has 164 valence electrons. The van der Waals surface area contributed by atoms with Gasteiger partial charge in [-0.1, -0.05) is 0 Å². The Morgan fingerprint density at radius 1 is 1.31 bits per heavy atom. The molecule has 32 heavy (non-hydrogen) atoms. The first-order valence-corrected chi connectivity index (χ1v) is 10.7. The minimum Gasteiger partial charge on any atom is -0.483 e. The van der Waals surface area contributed by atoms with Crippen molar-refractivity contribution in [1.82, 2.24) is 20.3 Å². The molecule has 0 bridgehead atoms. The topological polar surface area (TPSA) is 95.5 Å². The van der Waals surface area contributed by atoms with E-state index in [2.05, 4.69) is 15.3 Å². The van der Waals surface area contributed by atoms with Crippen molar-refractivity contribution in [2.75, 3.05) is 20.8 Å². The third kappa shape index (κ3) is 3.46. The number of ether oxygens (including phenoxy) is 3. The standard InChI is InChI=1S/C22H19FN4O4S/c1-10-4-12(18-15(5-10)26-17(29-3)8-25-18)21-27-16-7-14(23)19-13(20(16)32-21)6-11(31-19)9-30-22(28)24-2/h4-5,7-8,11H,6,9H2,1-3H3,(H,24,28)/t11-/m1/s1. The first-order valence-electron chi connectivity index (χ1n) is 9.91. The van der Waals surface area contributed by atoms with Crippen LogP contribution in [0.3, 0.4) is 0 Å². The summed E-state index contributed by atoms with van der Waals surface area (Å²) in [5.74, 6) is 0.141. The number of halogens is 1. The molecule has 0 fully saturated rings. The number of fused-ring (bicyclic) bond motifs is 4. The van der Waals surface area contributed by atoms with E-state index >= 15 is 0 Å². The molecule has 4 aromatic rings. The SMILES string of the molecule is CNC(=O)OC[C@H]1Cc2c(c(F)cc3nc(-c4cc(C)cc5nc(OC)cnc45)sc23)O1. The number of alkyl carbamates (subject to hydrolysis) is 1. The quantitative estimate of drug-likeness (QED) is 0.498. The van der Waals surface area contributed by atoms with E-state index in [1.165, 1.54) is 24.5 Å². The van der Waals surface area contributed by atoms with Crippen LogP contribution in [-0.2, 0) is 11.2 Å². The number of thiazole rings is 1. The highest BCUT2D eigenvalue weighted by molar-refractivity contribution is 7.22. The van der Waals surface area contributed by atoms with Crippen molar-refractivity contribution in [3.8, 4) is 22.2 Å². The largest absolute Gasteiger partial charge is 0.483 e. The average molecular weight is 454 g/mol. The highest BCUT2D eigenvalue weighted by Gasteiger charge is 2.31. The molecular weight excluding hydrogens is 435 g/mol. The average Bonchev–Trinajstić information content (AvgIpc) is 3.40. The maximum absolute atomic E-state index is 14.8. The molecule has 1 amide bonds. The van der Waals surface area contributed by atoms with Gasteiger partial charge in [-0.3, -0.25) is 0 Å². The summed E-state index contributed by atoms with van der Waals surface area (Å²) in [6.07, 6.45) is 0.982. The summed E-state index contributed by atoms with van der Waals surface area (Å²) in [7, 11) is 3.02. The Labute approximate surface area is 186 Å². The smallest absolute Gasteiger partial charge is 0.406 e. The van der Waals surface area contributed by atoms with Crippen molar-refractivity contribution in [3.63, 3.8) is 0 Å². The molecule has 8 nitrogen and oxygen atoms in total. The molecule has 10 heteroatoms. The number of hydrogen-bond acceptors (Lipinski definition) is 8. The summed E-state index contributed by atoms with van der Waals surface area (Å²) in [5, 5.41) is 3.10. The normalized spacial score (nSPS) is 14.9. The van der Waals surface area contributed by atoms with Gasteiger partial charge in [0.1, 0.15) is 17.7 Å². The van der Waals surface area contributed by atoms with Gasteiger partial charge in [0, 0.05) is 30.7 Å². The fourth-order valence-corrected chi connectivity index (χ4v) is 4.90. The van der Waals surface area contributed by atoms with Crippen LogP contribution >= 0.6 is 11.3 Å². The van der Waals surface area contributed by atoms with Crippen molar-refractivity contribution < 1.29 is 23.4 Å². The number of aromatic nitrogens is 3. The number of methoxy groups -OCH3 is 1. The van der Waals surface area contributed by atoms with E-state index in [0.717, 1.165) is 21.4 Å². The predicted molar refractivity (Wildman–Crippen MR) is 118 cm³/mol. The summed E-state index contributed by atoms with van der Waals surface area (Å²) in [6, 6.07) is 5.31. The molecule has 2 aromatic carbocycles. The number of rotatable bonds is 4. The van der Waals surface area contributed by atoms with Gasteiger partial charge in [-0.15, -0.1) is 11.3 Å². The predicted octanol–water partition coefficient (Wildman–Crippen LogP) is 4.02. The lowest BCUT2D eigenvalue weighted by molar-refractivity contribution is 0.0923. The van der Waals surface area contributed by atoms with E-state index in [-0.39, 0.29) is 12.4 Å². The van der Waals surface area contributed by atoms with Gasteiger partial charge in [-0.25, -0.2) is 24.1 Å². The molecule has 3 heterocycles. The number of hydrogen-bond donors (Lipinski definition) is 1. The van der Waals surface area contributed by atoms with Gasteiger partial charge in [0.25, 0.3) is 0 Å². The van der Waals surface area contributed by atoms with Crippen LogP contribution in [0, 0.1) is 12.7 Å². The van der Waals surface area contributed by atoms with Crippen LogP contribution in [0.2, 0.25) is 0 Å². The molecular formula is C22H19FN4O4S. The van der Waals surface area contributed by atoms with Crippen molar-refractivity contribution in [2.45, 2.75) is 19.4 Å². The monoisotopic (exact) mass is 454 g/mol. The van der Waals surface area contributed by atoms with Gasteiger partial charge in [-0.2, -0.15) is 0 Å². The zero-order valence-corrected chi connectivity index (χ0v) is 18.4. The number of nitrogens with one attached hydrogen (secondary N) is 1. The number of amides is 1. The Hall–Kier alpha value is -3.53. The lowest BCUT2D eigenvalue weighted by Crippen LogP contribution is -2.27. The van der Waals surface area contributed by atoms with E-state index in [1.807, 2.05) is 19.1 Å². The Balaban J connectivity index is 1.57. The fraction of sp³-hybridized carbons (Fsp3) is 0.273. The Morgan fingerprint density at radius 2 is 2.16 bits per heavy atom. The van der Waals surface area contributed by atoms with Gasteiger partial charge in [0.2, 0.25) is 5.88 Å². The van der Waals surface area contributed by atoms with Crippen molar-refractivity contribution in [2.24, 2.45) is 0 Å². The molecule has 2 aromatic heterocycles. The first-order chi connectivity index (χ1) is 15.5. The van der Waals surface area contributed by atoms with Gasteiger partial charge >= 0.3 is 6.09 Å². The van der Waals surface area contributed by atoms with E-state index < -0.39 is 18.0 Å². The Bertz CT molecular complexity index is 1370. The number of carbonyl (C=O) groups is 1. The minimum absolute atomic E-state index is 0.0287. The van der Waals surface area contributed by atoms with Crippen LogP contribution in [0.1, 0.15) is 11.1 Å².